The van der Waals surface area contributed by atoms with E-state index in [0.29, 0.717) is 34.1 Å². The highest BCUT2D eigenvalue weighted by Gasteiger charge is 2.20. The Kier molecular flexibility index (Phi) is 6.42. The minimum atomic E-state index is 0.179. The van der Waals surface area contributed by atoms with Gasteiger partial charge in [0.05, 0.1) is 11.3 Å². The Labute approximate surface area is 201 Å². The number of hydrogen-bond donors (Lipinski definition) is 2. The van der Waals surface area contributed by atoms with Crippen molar-refractivity contribution in [3.8, 4) is 18.1 Å². The van der Waals surface area contributed by atoms with E-state index in [-0.39, 0.29) is 17.3 Å². The molecular weight excluding hydrogens is 442 g/mol. The van der Waals surface area contributed by atoms with Crippen molar-refractivity contribution in [1.82, 2.24) is 24.7 Å². The van der Waals surface area contributed by atoms with Gasteiger partial charge >= 0.3 is 0 Å². The number of hydrogen-bond acceptors (Lipinski definition) is 10. The predicted octanol–water partition coefficient (Wildman–Crippen LogP) is 4.93. The fraction of sp³-hybridized carbons (Fsp3) is 0.167. The van der Waals surface area contributed by atoms with Crippen molar-refractivity contribution < 1.29 is 0 Å². The molecule has 0 aliphatic carbocycles. The molecule has 0 bridgehead atoms. The first-order valence-corrected chi connectivity index (χ1v) is 10.6. The second-order valence-electron chi connectivity index (χ2n) is 7.57. The number of azo groups is 1. The molecule has 0 unspecified atom stereocenters. The van der Waals surface area contributed by atoms with E-state index in [4.69, 9.17) is 0 Å². The van der Waals surface area contributed by atoms with Crippen molar-refractivity contribution in [3.63, 3.8) is 0 Å². The summed E-state index contributed by atoms with van der Waals surface area (Å²) in [5, 5.41) is 38.8. The van der Waals surface area contributed by atoms with Crippen LogP contribution in [0.3, 0.4) is 0 Å². The largest absolute Gasteiger partial charge is 0.371 e. The van der Waals surface area contributed by atoms with E-state index >= 15 is 0 Å². The van der Waals surface area contributed by atoms with Crippen molar-refractivity contribution in [3.05, 3.63) is 70.7 Å². The van der Waals surface area contributed by atoms with Crippen LogP contribution in [0.25, 0.3) is 5.95 Å². The molecule has 0 aliphatic rings. The zero-order chi connectivity index (χ0) is 24.9. The van der Waals surface area contributed by atoms with Crippen LogP contribution in [0.15, 0.2) is 53.0 Å². The van der Waals surface area contributed by atoms with Crippen LogP contribution in [0.4, 0.5) is 28.8 Å². The molecule has 0 saturated heterocycles. The van der Waals surface area contributed by atoms with E-state index in [9.17, 15) is 10.5 Å². The van der Waals surface area contributed by atoms with Gasteiger partial charge in [0.25, 0.3) is 5.95 Å². The van der Waals surface area contributed by atoms with Gasteiger partial charge in [0, 0.05) is 30.7 Å². The quantitative estimate of drug-likeness (QED) is 0.382. The van der Waals surface area contributed by atoms with Gasteiger partial charge < -0.3 is 10.6 Å². The lowest BCUT2D eigenvalue weighted by Crippen LogP contribution is -2.04. The smallest absolute Gasteiger partial charge is 0.252 e. The van der Waals surface area contributed by atoms with Crippen LogP contribution in [0.2, 0.25) is 0 Å². The maximum absolute atomic E-state index is 9.88. The number of anilines is 3. The van der Waals surface area contributed by atoms with Gasteiger partial charge in [-0.25, -0.2) is 15.0 Å². The Morgan fingerprint density at radius 3 is 2.23 bits per heavy atom. The van der Waals surface area contributed by atoms with Crippen LogP contribution in [0.1, 0.15) is 27.9 Å². The van der Waals surface area contributed by atoms with Gasteiger partial charge in [-0.2, -0.15) is 20.3 Å². The third-order valence-electron chi connectivity index (χ3n) is 5.21. The molecule has 4 aromatic rings. The molecule has 0 radical (unpaired) electrons. The van der Waals surface area contributed by atoms with Gasteiger partial charge in [0.2, 0.25) is 0 Å². The Balaban J connectivity index is 1.81. The lowest BCUT2D eigenvalue weighted by Gasteiger charge is -2.14. The van der Waals surface area contributed by atoms with E-state index < -0.39 is 0 Å². The highest BCUT2D eigenvalue weighted by Crippen LogP contribution is 2.36. The molecule has 3 aromatic heterocycles. The number of pyridine rings is 1. The molecule has 4 rings (SSSR count). The number of benzene rings is 1. The normalized spacial score (nSPS) is 10.7. The van der Waals surface area contributed by atoms with Crippen molar-refractivity contribution in [2.75, 3.05) is 17.7 Å². The standard InChI is InChI=1S/C24H21N11/c1-14-6-8-17(9-7-14)30-21-18(12-25)15(2)20(22(27-4)31-21)32-33-23-19(13-26)16(3)34-35(23)24-28-10-5-11-29-24/h5-11H,1-4H3,(H2,27,30,31). The molecule has 0 saturated carbocycles. The summed E-state index contributed by atoms with van der Waals surface area (Å²) in [6, 6.07) is 13.8. The van der Waals surface area contributed by atoms with Gasteiger partial charge in [-0.1, -0.05) is 17.7 Å². The Morgan fingerprint density at radius 1 is 0.914 bits per heavy atom. The summed E-state index contributed by atoms with van der Waals surface area (Å²) in [4.78, 5) is 13.0. The molecule has 1 aromatic carbocycles. The average molecular weight is 464 g/mol. The number of aryl methyl sites for hydroxylation is 2. The van der Waals surface area contributed by atoms with E-state index in [1.54, 1.807) is 39.4 Å². The second-order valence-corrected chi connectivity index (χ2v) is 7.57. The van der Waals surface area contributed by atoms with Crippen LogP contribution in [-0.2, 0) is 0 Å². The van der Waals surface area contributed by atoms with Crippen LogP contribution in [0, 0.1) is 43.4 Å². The fourth-order valence-corrected chi connectivity index (χ4v) is 3.37. The maximum atomic E-state index is 9.88. The summed E-state index contributed by atoms with van der Waals surface area (Å²) in [6.45, 7) is 5.47. The lowest BCUT2D eigenvalue weighted by atomic mass is 10.1. The van der Waals surface area contributed by atoms with Crippen LogP contribution >= 0.6 is 0 Å². The van der Waals surface area contributed by atoms with Crippen LogP contribution in [0.5, 0.6) is 0 Å². The molecule has 35 heavy (non-hydrogen) atoms. The first-order valence-electron chi connectivity index (χ1n) is 10.6. The number of nitrogens with one attached hydrogen (secondary N) is 2. The van der Waals surface area contributed by atoms with E-state index in [2.05, 4.69) is 53.1 Å². The van der Waals surface area contributed by atoms with Crippen molar-refractivity contribution in [2.24, 2.45) is 10.2 Å². The van der Waals surface area contributed by atoms with Gasteiger partial charge in [-0.05, 0) is 39.0 Å². The summed E-state index contributed by atoms with van der Waals surface area (Å²) in [7, 11) is 1.70. The molecule has 0 atom stereocenters. The fourth-order valence-electron chi connectivity index (χ4n) is 3.37. The molecule has 172 valence electrons. The highest BCUT2D eigenvalue weighted by molar-refractivity contribution is 5.76. The summed E-state index contributed by atoms with van der Waals surface area (Å²) in [5.41, 5.74) is 3.90. The predicted molar refractivity (Wildman–Crippen MR) is 130 cm³/mol. The average Bonchev–Trinajstić information content (AvgIpc) is 3.20. The molecule has 11 heteroatoms. The van der Waals surface area contributed by atoms with Crippen LogP contribution < -0.4 is 10.6 Å². The van der Waals surface area contributed by atoms with Crippen molar-refractivity contribution >= 4 is 28.8 Å². The molecule has 3 heterocycles. The molecule has 0 spiro atoms. The Morgan fingerprint density at radius 2 is 1.60 bits per heavy atom. The summed E-state index contributed by atoms with van der Waals surface area (Å²) < 4.78 is 1.36. The minimum Gasteiger partial charge on any atom is -0.371 e. The van der Waals surface area contributed by atoms with Crippen molar-refractivity contribution in [2.45, 2.75) is 20.8 Å². The minimum absolute atomic E-state index is 0.179. The second kappa shape index (κ2) is 9.77. The number of aromatic nitrogens is 5. The van der Waals surface area contributed by atoms with E-state index in [1.807, 2.05) is 31.2 Å². The highest BCUT2D eigenvalue weighted by atomic mass is 15.4. The molecule has 11 nitrogen and oxygen atoms in total. The zero-order valence-corrected chi connectivity index (χ0v) is 19.6. The monoisotopic (exact) mass is 463 g/mol. The first kappa shape index (κ1) is 23.0. The number of nitrogens with zero attached hydrogens (tertiary/aromatic N) is 9. The topological polar surface area (TPSA) is 153 Å². The third-order valence-corrected chi connectivity index (χ3v) is 5.21. The van der Waals surface area contributed by atoms with E-state index in [1.165, 1.54) is 4.68 Å². The van der Waals surface area contributed by atoms with E-state index in [0.717, 1.165) is 11.3 Å². The van der Waals surface area contributed by atoms with Gasteiger partial charge in [0.1, 0.15) is 23.4 Å². The number of rotatable bonds is 6. The molecule has 0 fully saturated rings. The van der Waals surface area contributed by atoms with Gasteiger partial charge in [-0.15, -0.1) is 10.2 Å². The Hall–Kier alpha value is -5.16. The van der Waals surface area contributed by atoms with Crippen molar-refractivity contribution in [1.29, 1.82) is 10.5 Å². The maximum Gasteiger partial charge on any atom is 0.252 e. The molecular formula is C24H21N11. The number of nitriles is 2. The summed E-state index contributed by atoms with van der Waals surface area (Å²) in [6.07, 6.45) is 3.14. The molecule has 0 aliphatic heterocycles. The SMILES string of the molecule is CNc1nc(Nc2ccc(C)cc2)c(C#N)c(C)c1N=Nc1c(C#N)c(C)nn1-c1ncccn1. The lowest BCUT2D eigenvalue weighted by molar-refractivity contribution is 0.792. The van der Waals surface area contributed by atoms with Gasteiger partial charge in [-0.3, -0.25) is 0 Å². The third kappa shape index (κ3) is 4.51. The summed E-state index contributed by atoms with van der Waals surface area (Å²) in [5.74, 6) is 1.24. The Bertz CT molecular complexity index is 1490. The summed E-state index contributed by atoms with van der Waals surface area (Å²) >= 11 is 0. The first-order chi connectivity index (χ1) is 17.0. The van der Waals surface area contributed by atoms with Gasteiger partial charge in [0.15, 0.2) is 17.5 Å². The molecule has 2 N–H and O–H groups in total. The zero-order valence-electron chi connectivity index (χ0n) is 19.6. The van der Waals surface area contributed by atoms with Crippen LogP contribution in [-0.4, -0.2) is 31.8 Å². The molecule has 0 amide bonds.